The minimum atomic E-state index is -3.36. The molecule has 0 saturated carbocycles. The summed E-state index contributed by atoms with van der Waals surface area (Å²) in [7, 11) is -1.74. The van der Waals surface area contributed by atoms with E-state index in [1.165, 1.54) is 4.31 Å². The molecule has 1 aromatic carbocycles. The Kier molecular flexibility index (Phi) is 4.58. The molecule has 2 heterocycles. The lowest BCUT2D eigenvalue weighted by atomic mass is 10.2. The van der Waals surface area contributed by atoms with Crippen LogP contribution in [-0.2, 0) is 16.8 Å². The SMILES string of the molecule is CN(Cc1csc(-c2ccccc2)n1)S(=O)(=O)N1CCCC1. The molecule has 22 heavy (non-hydrogen) atoms. The Labute approximate surface area is 135 Å². The Balaban J connectivity index is 1.72. The molecule has 0 atom stereocenters. The summed E-state index contributed by atoms with van der Waals surface area (Å²) in [6, 6.07) is 9.93. The van der Waals surface area contributed by atoms with Crippen LogP contribution in [0.25, 0.3) is 10.6 Å². The summed E-state index contributed by atoms with van der Waals surface area (Å²) in [6.45, 7) is 1.56. The molecule has 118 valence electrons. The van der Waals surface area contributed by atoms with E-state index < -0.39 is 10.2 Å². The van der Waals surface area contributed by atoms with Crippen molar-refractivity contribution in [2.75, 3.05) is 20.1 Å². The number of nitrogens with zero attached hydrogens (tertiary/aromatic N) is 3. The molecule has 0 amide bonds. The van der Waals surface area contributed by atoms with Gasteiger partial charge in [0.05, 0.1) is 12.2 Å². The first-order valence-corrected chi connectivity index (χ1v) is 9.56. The van der Waals surface area contributed by atoms with E-state index in [9.17, 15) is 8.42 Å². The molecular formula is C15H19N3O2S2. The third kappa shape index (κ3) is 3.22. The van der Waals surface area contributed by atoms with Crippen LogP contribution in [0.4, 0.5) is 0 Å². The molecule has 1 aliphatic heterocycles. The van der Waals surface area contributed by atoms with Crippen LogP contribution in [0.3, 0.4) is 0 Å². The highest BCUT2D eigenvalue weighted by Gasteiger charge is 2.29. The molecule has 7 heteroatoms. The van der Waals surface area contributed by atoms with Gasteiger partial charge in [-0.05, 0) is 12.8 Å². The largest absolute Gasteiger partial charge is 0.282 e. The van der Waals surface area contributed by atoms with Gasteiger partial charge in [-0.25, -0.2) is 4.98 Å². The summed E-state index contributed by atoms with van der Waals surface area (Å²) in [4.78, 5) is 4.55. The molecule has 2 aromatic rings. The Morgan fingerprint density at radius 3 is 2.59 bits per heavy atom. The number of thiazole rings is 1. The van der Waals surface area contributed by atoms with Crippen LogP contribution in [-0.4, -0.2) is 42.1 Å². The summed E-state index contributed by atoms with van der Waals surface area (Å²) >= 11 is 1.54. The quantitative estimate of drug-likeness (QED) is 0.843. The predicted octanol–water partition coefficient (Wildman–Crippen LogP) is 2.58. The van der Waals surface area contributed by atoms with Crippen molar-refractivity contribution < 1.29 is 8.42 Å². The zero-order chi connectivity index (χ0) is 15.6. The van der Waals surface area contributed by atoms with E-state index in [0.29, 0.717) is 19.6 Å². The van der Waals surface area contributed by atoms with Gasteiger partial charge in [0.25, 0.3) is 10.2 Å². The third-order valence-corrected chi connectivity index (χ3v) is 6.62. The minimum absolute atomic E-state index is 0.308. The average Bonchev–Trinajstić information content (AvgIpc) is 3.20. The Morgan fingerprint density at radius 1 is 1.23 bits per heavy atom. The maximum absolute atomic E-state index is 12.4. The lowest BCUT2D eigenvalue weighted by Crippen LogP contribution is -2.39. The standard InChI is InChI=1S/C15H19N3O2S2/c1-17(22(19,20)18-9-5-6-10-18)11-14-12-21-15(16-14)13-7-3-2-4-8-13/h2-4,7-8,12H,5-6,9-11H2,1H3. The highest BCUT2D eigenvalue weighted by molar-refractivity contribution is 7.86. The van der Waals surface area contributed by atoms with Crippen LogP contribution in [0.5, 0.6) is 0 Å². The van der Waals surface area contributed by atoms with Crippen LogP contribution in [0, 0.1) is 0 Å². The van der Waals surface area contributed by atoms with Crippen molar-refractivity contribution in [1.29, 1.82) is 0 Å². The van der Waals surface area contributed by atoms with Gasteiger partial charge in [-0.15, -0.1) is 11.3 Å². The first-order valence-electron chi connectivity index (χ1n) is 7.28. The molecule has 5 nitrogen and oxygen atoms in total. The lowest BCUT2D eigenvalue weighted by Gasteiger charge is -2.23. The van der Waals surface area contributed by atoms with Crippen molar-refractivity contribution in [2.24, 2.45) is 0 Å². The van der Waals surface area contributed by atoms with E-state index in [4.69, 9.17) is 0 Å². The van der Waals surface area contributed by atoms with Gasteiger partial charge in [0, 0.05) is 31.1 Å². The van der Waals surface area contributed by atoms with Crippen LogP contribution in [0.1, 0.15) is 18.5 Å². The monoisotopic (exact) mass is 337 g/mol. The van der Waals surface area contributed by atoms with Gasteiger partial charge in [0.2, 0.25) is 0 Å². The third-order valence-electron chi connectivity index (χ3n) is 3.74. The molecule has 1 saturated heterocycles. The van der Waals surface area contributed by atoms with Crippen LogP contribution >= 0.6 is 11.3 Å². The Hall–Kier alpha value is -1.28. The number of benzene rings is 1. The number of aromatic nitrogens is 1. The molecule has 0 spiro atoms. The Morgan fingerprint density at radius 2 is 1.91 bits per heavy atom. The molecule has 0 aliphatic carbocycles. The number of hydrogen-bond acceptors (Lipinski definition) is 4. The zero-order valence-corrected chi connectivity index (χ0v) is 14.1. The Bertz CT molecular complexity index is 722. The molecule has 0 unspecified atom stereocenters. The van der Waals surface area contributed by atoms with Gasteiger partial charge >= 0.3 is 0 Å². The van der Waals surface area contributed by atoms with Gasteiger partial charge in [-0.2, -0.15) is 17.0 Å². The molecule has 1 aromatic heterocycles. The van der Waals surface area contributed by atoms with E-state index in [-0.39, 0.29) is 0 Å². The second-order valence-corrected chi connectivity index (χ2v) is 8.27. The van der Waals surface area contributed by atoms with Crippen molar-refractivity contribution in [2.45, 2.75) is 19.4 Å². The van der Waals surface area contributed by atoms with E-state index in [0.717, 1.165) is 29.1 Å². The van der Waals surface area contributed by atoms with Gasteiger partial charge in [-0.3, -0.25) is 0 Å². The summed E-state index contributed by atoms with van der Waals surface area (Å²) in [5, 5.41) is 2.85. The molecule has 0 bridgehead atoms. The molecular weight excluding hydrogens is 318 g/mol. The first kappa shape index (κ1) is 15.6. The predicted molar refractivity (Wildman–Crippen MR) is 88.7 cm³/mol. The van der Waals surface area contributed by atoms with E-state index in [1.807, 2.05) is 35.7 Å². The molecule has 1 aliphatic rings. The fraction of sp³-hybridized carbons (Fsp3) is 0.400. The van der Waals surface area contributed by atoms with E-state index >= 15 is 0 Å². The molecule has 0 N–H and O–H groups in total. The minimum Gasteiger partial charge on any atom is -0.240 e. The van der Waals surface area contributed by atoms with E-state index in [2.05, 4.69) is 4.98 Å². The number of rotatable bonds is 5. The smallest absolute Gasteiger partial charge is 0.240 e. The highest BCUT2D eigenvalue weighted by atomic mass is 32.2. The topological polar surface area (TPSA) is 53.5 Å². The highest BCUT2D eigenvalue weighted by Crippen LogP contribution is 2.24. The van der Waals surface area contributed by atoms with Crippen LogP contribution < -0.4 is 0 Å². The number of hydrogen-bond donors (Lipinski definition) is 0. The summed E-state index contributed by atoms with van der Waals surface area (Å²) in [6.07, 6.45) is 1.89. The van der Waals surface area contributed by atoms with E-state index in [1.54, 1.807) is 22.7 Å². The molecule has 1 fully saturated rings. The summed E-state index contributed by atoms with van der Waals surface area (Å²) < 4.78 is 27.8. The maximum atomic E-state index is 12.4. The van der Waals surface area contributed by atoms with Gasteiger partial charge in [-0.1, -0.05) is 30.3 Å². The van der Waals surface area contributed by atoms with Crippen molar-refractivity contribution in [3.8, 4) is 10.6 Å². The van der Waals surface area contributed by atoms with Crippen molar-refractivity contribution in [1.82, 2.24) is 13.6 Å². The summed E-state index contributed by atoms with van der Waals surface area (Å²) in [5.41, 5.74) is 1.85. The van der Waals surface area contributed by atoms with Crippen LogP contribution in [0.15, 0.2) is 35.7 Å². The maximum Gasteiger partial charge on any atom is 0.282 e. The fourth-order valence-electron chi connectivity index (χ4n) is 2.52. The second-order valence-electron chi connectivity index (χ2n) is 5.38. The van der Waals surface area contributed by atoms with Crippen LogP contribution in [0.2, 0.25) is 0 Å². The summed E-state index contributed by atoms with van der Waals surface area (Å²) in [5.74, 6) is 0. The fourth-order valence-corrected chi connectivity index (χ4v) is 4.74. The van der Waals surface area contributed by atoms with Gasteiger partial charge in [0.1, 0.15) is 5.01 Å². The molecule has 3 rings (SSSR count). The average molecular weight is 337 g/mol. The van der Waals surface area contributed by atoms with Gasteiger partial charge in [0.15, 0.2) is 0 Å². The zero-order valence-electron chi connectivity index (χ0n) is 12.5. The first-order chi connectivity index (χ1) is 10.6. The van der Waals surface area contributed by atoms with Gasteiger partial charge < -0.3 is 0 Å². The van der Waals surface area contributed by atoms with Crippen molar-refractivity contribution >= 4 is 21.5 Å². The lowest BCUT2D eigenvalue weighted by molar-refractivity contribution is 0.390. The molecule has 0 radical (unpaired) electrons. The normalized spacial score (nSPS) is 16.5. The van der Waals surface area contributed by atoms with Crippen molar-refractivity contribution in [3.05, 3.63) is 41.4 Å². The van der Waals surface area contributed by atoms with Crippen molar-refractivity contribution in [3.63, 3.8) is 0 Å². The second kappa shape index (κ2) is 6.45.